The molecule has 2 heteroatoms. The van der Waals surface area contributed by atoms with Crippen molar-refractivity contribution in [1.82, 2.24) is 4.90 Å². The highest BCUT2D eigenvalue weighted by molar-refractivity contribution is 7.10. The fourth-order valence-electron chi connectivity index (χ4n) is 3.25. The van der Waals surface area contributed by atoms with Crippen LogP contribution in [0.5, 0.6) is 0 Å². The van der Waals surface area contributed by atoms with Crippen LogP contribution in [-0.4, -0.2) is 23.0 Å². The Morgan fingerprint density at radius 3 is 3.06 bits per heavy atom. The topological polar surface area (TPSA) is 3.24 Å². The maximum absolute atomic E-state index is 2.80. The average Bonchev–Trinajstić information content (AvgIpc) is 3.07. The van der Waals surface area contributed by atoms with E-state index < -0.39 is 0 Å². The second kappa shape index (κ2) is 5.18. The monoisotopic (exact) mass is 261 g/mol. The zero-order valence-corrected chi connectivity index (χ0v) is 12.1. The Balaban J connectivity index is 1.64. The Kier molecular flexibility index (Phi) is 3.58. The van der Waals surface area contributed by atoms with E-state index in [1.165, 1.54) is 49.9 Å². The lowest BCUT2D eigenvalue weighted by atomic mass is 9.85. The lowest BCUT2D eigenvalue weighted by Gasteiger charge is -2.45. The van der Waals surface area contributed by atoms with Crippen LogP contribution in [0.15, 0.2) is 23.6 Å². The molecule has 2 heterocycles. The summed E-state index contributed by atoms with van der Waals surface area (Å²) in [5.41, 5.74) is 0.424. The van der Waals surface area contributed by atoms with Gasteiger partial charge in [-0.3, -0.25) is 4.90 Å². The molecule has 1 aromatic heterocycles. The maximum Gasteiger partial charge on any atom is 0.0267 e. The van der Waals surface area contributed by atoms with Crippen molar-refractivity contribution in [2.75, 3.05) is 6.54 Å². The molecule has 1 saturated carbocycles. The first-order valence-corrected chi connectivity index (χ1v) is 8.13. The van der Waals surface area contributed by atoms with E-state index in [1.807, 2.05) is 11.3 Å². The van der Waals surface area contributed by atoms with Crippen molar-refractivity contribution >= 4 is 17.4 Å². The molecule has 0 amide bonds. The SMILES string of the molecule is CC1(C/C=C/c2cccs2)CCCCN1C1CC1. The zero-order valence-electron chi connectivity index (χ0n) is 11.3. The Morgan fingerprint density at radius 1 is 1.44 bits per heavy atom. The van der Waals surface area contributed by atoms with Gasteiger partial charge < -0.3 is 0 Å². The third-order valence-corrected chi connectivity index (χ3v) is 5.27. The molecule has 3 rings (SSSR count). The number of rotatable bonds is 4. The van der Waals surface area contributed by atoms with Gasteiger partial charge in [-0.05, 0) is 63.1 Å². The molecule has 18 heavy (non-hydrogen) atoms. The van der Waals surface area contributed by atoms with E-state index >= 15 is 0 Å². The van der Waals surface area contributed by atoms with E-state index in [1.54, 1.807) is 0 Å². The van der Waals surface area contributed by atoms with Crippen LogP contribution in [-0.2, 0) is 0 Å². The first-order valence-electron chi connectivity index (χ1n) is 7.25. The van der Waals surface area contributed by atoms with Crippen LogP contribution in [0.2, 0.25) is 0 Å². The van der Waals surface area contributed by atoms with Gasteiger partial charge in [0.1, 0.15) is 0 Å². The molecule has 2 aliphatic rings. The molecule has 0 aromatic carbocycles. The molecule has 1 aliphatic carbocycles. The van der Waals surface area contributed by atoms with Crippen molar-refractivity contribution in [3.8, 4) is 0 Å². The van der Waals surface area contributed by atoms with Gasteiger partial charge in [0, 0.05) is 16.5 Å². The predicted octanol–water partition coefficient (Wildman–Crippen LogP) is 4.56. The van der Waals surface area contributed by atoms with E-state index in [2.05, 4.69) is 41.5 Å². The fourth-order valence-corrected chi connectivity index (χ4v) is 3.89. The van der Waals surface area contributed by atoms with Crippen molar-refractivity contribution in [3.05, 3.63) is 28.5 Å². The number of thiophene rings is 1. The molecule has 0 N–H and O–H groups in total. The second-order valence-corrected chi connectivity index (χ2v) is 6.98. The van der Waals surface area contributed by atoms with Gasteiger partial charge in [-0.2, -0.15) is 0 Å². The van der Waals surface area contributed by atoms with Crippen molar-refractivity contribution in [2.24, 2.45) is 0 Å². The zero-order chi connectivity index (χ0) is 12.4. The van der Waals surface area contributed by atoms with Gasteiger partial charge in [-0.1, -0.05) is 18.6 Å². The fraction of sp³-hybridized carbons (Fsp3) is 0.625. The molecular weight excluding hydrogens is 238 g/mol. The number of piperidine rings is 1. The minimum absolute atomic E-state index is 0.424. The summed E-state index contributed by atoms with van der Waals surface area (Å²) in [5.74, 6) is 0. The van der Waals surface area contributed by atoms with Gasteiger partial charge in [-0.15, -0.1) is 11.3 Å². The van der Waals surface area contributed by atoms with E-state index in [0.717, 1.165) is 6.04 Å². The highest BCUT2D eigenvalue weighted by atomic mass is 32.1. The van der Waals surface area contributed by atoms with Crippen LogP contribution in [0.3, 0.4) is 0 Å². The van der Waals surface area contributed by atoms with Crippen LogP contribution in [0.1, 0.15) is 50.3 Å². The first-order chi connectivity index (χ1) is 8.78. The smallest absolute Gasteiger partial charge is 0.0267 e. The summed E-state index contributed by atoms with van der Waals surface area (Å²) in [6.07, 6.45) is 13.0. The van der Waals surface area contributed by atoms with Crippen LogP contribution in [0, 0.1) is 0 Å². The minimum atomic E-state index is 0.424. The molecule has 1 nitrogen and oxygen atoms in total. The highest BCUT2D eigenvalue weighted by Gasteiger charge is 2.41. The van der Waals surface area contributed by atoms with E-state index in [-0.39, 0.29) is 0 Å². The molecule has 1 unspecified atom stereocenters. The average molecular weight is 261 g/mol. The number of likely N-dealkylation sites (tertiary alicyclic amines) is 1. The molecule has 1 aromatic rings. The van der Waals surface area contributed by atoms with E-state index in [9.17, 15) is 0 Å². The molecular formula is C16H23NS. The summed E-state index contributed by atoms with van der Waals surface area (Å²) in [6, 6.07) is 5.23. The molecule has 1 saturated heterocycles. The Hall–Kier alpha value is -0.600. The Morgan fingerprint density at radius 2 is 2.33 bits per heavy atom. The van der Waals surface area contributed by atoms with Crippen molar-refractivity contribution in [3.63, 3.8) is 0 Å². The Labute approximate surface area is 115 Å². The van der Waals surface area contributed by atoms with Crippen molar-refractivity contribution < 1.29 is 0 Å². The van der Waals surface area contributed by atoms with Gasteiger partial charge >= 0.3 is 0 Å². The van der Waals surface area contributed by atoms with Crippen molar-refractivity contribution in [2.45, 2.75) is 57.0 Å². The third-order valence-electron chi connectivity index (χ3n) is 4.43. The summed E-state index contributed by atoms with van der Waals surface area (Å²) in [5, 5.41) is 2.15. The largest absolute Gasteiger partial charge is 0.295 e. The van der Waals surface area contributed by atoms with E-state index in [0.29, 0.717) is 5.54 Å². The van der Waals surface area contributed by atoms with Crippen LogP contribution >= 0.6 is 11.3 Å². The maximum atomic E-state index is 2.80. The van der Waals surface area contributed by atoms with Gasteiger partial charge in [0.2, 0.25) is 0 Å². The lowest BCUT2D eigenvalue weighted by Crippen LogP contribution is -2.50. The second-order valence-electron chi connectivity index (χ2n) is 6.00. The third kappa shape index (κ3) is 2.70. The standard InChI is InChI=1S/C16H23NS/c1-16(11-4-6-15-7-5-13-18-15)10-2-3-12-17(16)14-8-9-14/h4-7,13-14H,2-3,8-12H2,1H3/b6-4+. The van der Waals surface area contributed by atoms with Crippen LogP contribution in [0.4, 0.5) is 0 Å². The summed E-state index contributed by atoms with van der Waals surface area (Å²) >= 11 is 1.83. The summed E-state index contributed by atoms with van der Waals surface area (Å²) in [7, 11) is 0. The summed E-state index contributed by atoms with van der Waals surface area (Å²) in [4.78, 5) is 4.18. The molecule has 2 fully saturated rings. The predicted molar refractivity (Wildman–Crippen MR) is 80.0 cm³/mol. The molecule has 0 spiro atoms. The summed E-state index contributed by atoms with van der Waals surface area (Å²) < 4.78 is 0. The van der Waals surface area contributed by atoms with Gasteiger partial charge in [0.05, 0.1) is 0 Å². The minimum Gasteiger partial charge on any atom is -0.295 e. The van der Waals surface area contributed by atoms with Crippen LogP contribution < -0.4 is 0 Å². The highest BCUT2D eigenvalue weighted by Crippen LogP contribution is 2.40. The molecule has 0 bridgehead atoms. The number of nitrogens with zero attached hydrogens (tertiary/aromatic N) is 1. The molecule has 0 radical (unpaired) electrons. The normalized spacial score (nSPS) is 30.1. The summed E-state index contributed by atoms with van der Waals surface area (Å²) in [6.45, 7) is 3.80. The lowest BCUT2D eigenvalue weighted by molar-refractivity contribution is 0.0557. The quantitative estimate of drug-likeness (QED) is 0.768. The number of hydrogen-bond donors (Lipinski definition) is 0. The molecule has 98 valence electrons. The van der Waals surface area contributed by atoms with Crippen molar-refractivity contribution in [1.29, 1.82) is 0 Å². The molecule has 1 atom stereocenters. The first kappa shape index (κ1) is 12.4. The van der Waals surface area contributed by atoms with Gasteiger partial charge in [-0.25, -0.2) is 0 Å². The van der Waals surface area contributed by atoms with E-state index in [4.69, 9.17) is 0 Å². The Bertz CT molecular complexity index is 405. The van der Waals surface area contributed by atoms with Gasteiger partial charge in [0.15, 0.2) is 0 Å². The number of hydrogen-bond acceptors (Lipinski definition) is 2. The van der Waals surface area contributed by atoms with Gasteiger partial charge in [0.25, 0.3) is 0 Å². The van der Waals surface area contributed by atoms with Crippen LogP contribution in [0.25, 0.3) is 6.08 Å². The molecule has 1 aliphatic heterocycles.